The van der Waals surface area contributed by atoms with E-state index in [0.29, 0.717) is 29.0 Å². The number of esters is 1. The summed E-state index contributed by atoms with van der Waals surface area (Å²) in [6.07, 6.45) is 3.76. The number of thioether (sulfide) groups is 1. The minimum Gasteiger partial charge on any atom is -0.489 e. The van der Waals surface area contributed by atoms with Crippen LogP contribution in [-0.2, 0) is 16.1 Å². The Hall–Kier alpha value is -3.52. The standard InChI is InChI=1S/C28H32N4O3S/c1-5-7-16-36-28-30-27-29-20(4)24(26(33)34-15-6-2)25(32(27)31-28)22-11-13-23(14-12-22)35-18-21-10-8-9-19(3)17-21/h6,8-14,17,25H,2,5,7,15-16,18H2,1,3-4H3,(H,29,30,31). The van der Waals surface area contributed by atoms with Crippen LogP contribution in [0.3, 0.4) is 0 Å². The molecule has 0 saturated carbocycles. The second-order valence-electron chi connectivity index (χ2n) is 8.66. The normalized spacial score (nSPS) is 14.7. The third-order valence-electron chi connectivity index (χ3n) is 5.80. The maximum atomic E-state index is 13.1. The number of carbonyl (C=O) groups excluding carboxylic acids is 1. The van der Waals surface area contributed by atoms with E-state index in [1.54, 1.807) is 22.5 Å². The Balaban J connectivity index is 1.61. The number of benzene rings is 2. The average molecular weight is 505 g/mol. The number of nitrogens with zero attached hydrogens (tertiary/aromatic N) is 3. The molecule has 8 heteroatoms. The fourth-order valence-corrected chi connectivity index (χ4v) is 4.91. The fourth-order valence-electron chi connectivity index (χ4n) is 4.00. The van der Waals surface area contributed by atoms with Crippen LogP contribution in [0, 0.1) is 6.92 Å². The number of ether oxygens (including phenoxy) is 2. The Labute approximate surface area is 216 Å². The molecular formula is C28H32N4O3S. The number of allylic oxidation sites excluding steroid dienone is 1. The summed E-state index contributed by atoms with van der Waals surface area (Å²) in [5, 5.41) is 8.67. The zero-order chi connectivity index (χ0) is 25.5. The van der Waals surface area contributed by atoms with Gasteiger partial charge in [0.1, 0.15) is 25.0 Å². The van der Waals surface area contributed by atoms with Crippen LogP contribution in [0.1, 0.15) is 49.4 Å². The number of aryl methyl sites for hydroxylation is 1. The van der Waals surface area contributed by atoms with Gasteiger partial charge in [0.2, 0.25) is 11.1 Å². The SMILES string of the molecule is C=CCOC(=O)C1=C(C)Nc2nc(SCCCC)nn2C1c1ccc(OCc2cccc(C)c2)cc1. The quantitative estimate of drug-likeness (QED) is 0.147. The highest BCUT2D eigenvalue weighted by Gasteiger charge is 2.35. The van der Waals surface area contributed by atoms with Gasteiger partial charge in [-0.25, -0.2) is 9.48 Å². The maximum Gasteiger partial charge on any atom is 0.338 e. The van der Waals surface area contributed by atoms with Crippen molar-refractivity contribution in [3.63, 3.8) is 0 Å². The summed E-state index contributed by atoms with van der Waals surface area (Å²) in [6.45, 7) is 10.4. The molecule has 2 aromatic carbocycles. The van der Waals surface area contributed by atoms with Crippen LogP contribution in [0.15, 0.2) is 77.6 Å². The second kappa shape index (κ2) is 11.9. The summed E-state index contributed by atoms with van der Waals surface area (Å²) in [4.78, 5) is 17.7. The largest absolute Gasteiger partial charge is 0.489 e. The van der Waals surface area contributed by atoms with E-state index < -0.39 is 12.0 Å². The number of hydrogen-bond acceptors (Lipinski definition) is 7. The molecule has 1 atom stereocenters. The molecule has 0 amide bonds. The molecule has 1 unspecified atom stereocenters. The van der Waals surface area contributed by atoms with Crippen molar-refractivity contribution >= 4 is 23.7 Å². The van der Waals surface area contributed by atoms with Gasteiger partial charge in [-0.2, -0.15) is 4.98 Å². The maximum absolute atomic E-state index is 13.1. The molecule has 1 aliphatic heterocycles. The van der Waals surface area contributed by atoms with Crippen molar-refractivity contribution in [3.8, 4) is 5.75 Å². The molecule has 0 bridgehead atoms. The summed E-state index contributed by atoms with van der Waals surface area (Å²) in [5.41, 5.74) is 4.39. The number of carbonyl (C=O) groups is 1. The number of rotatable bonds is 11. The summed E-state index contributed by atoms with van der Waals surface area (Å²) < 4.78 is 13.2. The van der Waals surface area contributed by atoms with Gasteiger partial charge in [0.25, 0.3) is 0 Å². The molecule has 0 fully saturated rings. The van der Waals surface area contributed by atoms with Gasteiger partial charge in [-0.15, -0.1) is 5.10 Å². The van der Waals surface area contributed by atoms with Crippen LogP contribution in [0.2, 0.25) is 0 Å². The van der Waals surface area contributed by atoms with Crippen molar-refractivity contribution in [3.05, 3.63) is 89.1 Å². The molecule has 188 valence electrons. The molecule has 2 heterocycles. The lowest BCUT2D eigenvalue weighted by molar-refractivity contribution is -0.138. The third kappa shape index (κ3) is 5.99. The number of aromatic nitrogens is 3. The first kappa shape index (κ1) is 25.6. The molecule has 36 heavy (non-hydrogen) atoms. The van der Waals surface area contributed by atoms with Crippen molar-refractivity contribution in [2.45, 2.75) is 51.4 Å². The monoisotopic (exact) mass is 504 g/mol. The third-order valence-corrected chi connectivity index (χ3v) is 6.72. The van der Waals surface area contributed by atoms with Crippen molar-refractivity contribution in [2.24, 2.45) is 0 Å². The first-order valence-electron chi connectivity index (χ1n) is 12.1. The molecule has 0 radical (unpaired) electrons. The minimum atomic E-state index is -0.475. The van der Waals surface area contributed by atoms with E-state index in [1.807, 2.05) is 43.3 Å². The molecule has 1 N–H and O–H groups in total. The first-order valence-corrected chi connectivity index (χ1v) is 13.1. The minimum absolute atomic E-state index is 0.135. The van der Waals surface area contributed by atoms with E-state index in [-0.39, 0.29) is 6.61 Å². The van der Waals surface area contributed by atoms with E-state index in [9.17, 15) is 4.79 Å². The van der Waals surface area contributed by atoms with Crippen LogP contribution in [0.4, 0.5) is 5.95 Å². The predicted molar refractivity (Wildman–Crippen MR) is 143 cm³/mol. The molecule has 1 aliphatic rings. The van der Waals surface area contributed by atoms with Gasteiger partial charge in [0.15, 0.2) is 0 Å². The highest BCUT2D eigenvalue weighted by atomic mass is 32.2. The lowest BCUT2D eigenvalue weighted by Gasteiger charge is -2.28. The van der Waals surface area contributed by atoms with Crippen LogP contribution >= 0.6 is 11.8 Å². The highest BCUT2D eigenvalue weighted by molar-refractivity contribution is 7.99. The van der Waals surface area contributed by atoms with E-state index in [1.165, 1.54) is 5.56 Å². The van der Waals surface area contributed by atoms with Gasteiger partial charge < -0.3 is 14.8 Å². The smallest absolute Gasteiger partial charge is 0.338 e. The Kier molecular flexibility index (Phi) is 8.48. The molecular weight excluding hydrogens is 472 g/mol. The lowest BCUT2D eigenvalue weighted by Crippen LogP contribution is -2.29. The highest BCUT2D eigenvalue weighted by Crippen LogP contribution is 2.37. The topological polar surface area (TPSA) is 78.3 Å². The Morgan fingerprint density at radius 2 is 2.03 bits per heavy atom. The summed E-state index contributed by atoms with van der Waals surface area (Å²) in [6, 6.07) is 15.5. The van der Waals surface area contributed by atoms with Crippen molar-refractivity contribution in [1.82, 2.24) is 14.8 Å². The first-order chi connectivity index (χ1) is 17.5. The van der Waals surface area contributed by atoms with Crippen molar-refractivity contribution in [1.29, 1.82) is 0 Å². The molecule has 3 aromatic rings. The zero-order valence-electron chi connectivity index (χ0n) is 21.0. The molecule has 0 saturated heterocycles. The summed E-state index contributed by atoms with van der Waals surface area (Å²) in [7, 11) is 0. The van der Waals surface area contributed by atoms with Crippen molar-refractivity contribution < 1.29 is 14.3 Å². The van der Waals surface area contributed by atoms with Crippen LogP contribution in [0.5, 0.6) is 5.75 Å². The summed E-state index contributed by atoms with van der Waals surface area (Å²) >= 11 is 1.62. The van der Waals surface area contributed by atoms with Gasteiger partial charge in [-0.05, 0) is 43.5 Å². The second-order valence-corrected chi connectivity index (χ2v) is 9.73. The number of hydrogen-bond donors (Lipinski definition) is 1. The molecule has 4 rings (SSSR count). The van der Waals surface area contributed by atoms with E-state index in [2.05, 4.69) is 42.9 Å². The summed E-state index contributed by atoms with van der Waals surface area (Å²) in [5.74, 6) is 1.89. The van der Waals surface area contributed by atoms with Gasteiger partial charge >= 0.3 is 5.97 Å². The van der Waals surface area contributed by atoms with E-state index in [4.69, 9.17) is 14.6 Å². The molecule has 7 nitrogen and oxygen atoms in total. The Morgan fingerprint density at radius 3 is 2.75 bits per heavy atom. The molecule has 1 aromatic heterocycles. The van der Waals surface area contributed by atoms with Crippen LogP contribution in [0.25, 0.3) is 0 Å². The van der Waals surface area contributed by atoms with E-state index >= 15 is 0 Å². The number of nitrogens with one attached hydrogen (secondary N) is 1. The zero-order valence-corrected chi connectivity index (χ0v) is 21.8. The molecule has 0 aliphatic carbocycles. The van der Waals surface area contributed by atoms with Crippen molar-refractivity contribution in [2.75, 3.05) is 17.7 Å². The average Bonchev–Trinajstić information content (AvgIpc) is 3.28. The van der Waals surface area contributed by atoms with Gasteiger partial charge in [-0.1, -0.05) is 79.7 Å². The number of anilines is 1. The van der Waals surface area contributed by atoms with Crippen LogP contribution < -0.4 is 10.1 Å². The Bertz CT molecular complexity index is 1250. The van der Waals surface area contributed by atoms with Crippen LogP contribution in [-0.4, -0.2) is 33.1 Å². The molecule has 0 spiro atoms. The predicted octanol–water partition coefficient (Wildman–Crippen LogP) is 6.08. The number of unbranched alkanes of at least 4 members (excludes halogenated alkanes) is 1. The lowest BCUT2D eigenvalue weighted by atomic mass is 9.96. The fraction of sp³-hybridized carbons (Fsp3) is 0.321. The Morgan fingerprint density at radius 1 is 1.22 bits per heavy atom. The number of fused-ring (bicyclic) bond motifs is 1. The van der Waals surface area contributed by atoms with Gasteiger partial charge in [0.05, 0.1) is 5.57 Å². The van der Waals surface area contributed by atoms with E-state index in [0.717, 1.165) is 35.5 Å². The van der Waals surface area contributed by atoms with Gasteiger partial charge in [-0.3, -0.25) is 0 Å². The van der Waals surface area contributed by atoms with Gasteiger partial charge in [0, 0.05) is 11.4 Å².